The normalized spacial score (nSPS) is 10.3. The van der Waals surface area contributed by atoms with E-state index in [9.17, 15) is 4.79 Å². The van der Waals surface area contributed by atoms with E-state index in [1.165, 1.54) is 0 Å². The molecule has 1 amide bonds. The molecule has 0 atom stereocenters. The lowest BCUT2D eigenvalue weighted by molar-refractivity contribution is -0.130. The number of nitrogens with zero attached hydrogens (tertiary/aromatic N) is 1. The Bertz CT molecular complexity index is 283. The highest BCUT2D eigenvalue weighted by molar-refractivity contribution is 5.77. The zero-order chi connectivity index (χ0) is 11.1. The number of nitrogens with two attached hydrogens (primary N) is 1. The van der Waals surface area contributed by atoms with Crippen LogP contribution in [0.5, 0.6) is 0 Å². The van der Waals surface area contributed by atoms with Crippen LogP contribution in [-0.2, 0) is 11.3 Å². The quantitative estimate of drug-likeness (QED) is 0.771. The summed E-state index contributed by atoms with van der Waals surface area (Å²) in [6.45, 7) is 3.42. The maximum atomic E-state index is 11.5. The van der Waals surface area contributed by atoms with Crippen LogP contribution in [0.2, 0.25) is 0 Å². The number of hydrogen-bond donors (Lipinski definition) is 1. The second-order valence-electron chi connectivity index (χ2n) is 3.45. The maximum absolute atomic E-state index is 11.5. The highest BCUT2D eigenvalue weighted by Gasteiger charge is 2.12. The van der Waals surface area contributed by atoms with Crippen LogP contribution in [0.1, 0.15) is 25.5 Å². The molecule has 0 fully saturated rings. The van der Waals surface area contributed by atoms with Crippen LogP contribution in [-0.4, -0.2) is 23.9 Å². The fraction of sp³-hybridized carbons (Fsp3) is 0.545. The lowest BCUT2D eigenvalue weighted by Crippen LogP contribution is -2.36. The van der Waals surface area contributed by atoms with Crippen molar-refractivity contribution in [3.05, 3.63) is 24.2 Å². The van der Waals surface area contributed by atoms with E-state index >= 15 is 0 Å². The lowest BCUT2D eigenvalue weighted by atomic mass is 10.3. The van der Waals surface area contributed by atoms with E-state index in [1.54, 1.807) is 11.2 Å². The monoisotopic (exact) mass is 210 g/mol. The molecule has 1 aromatic rings. The molecule has 15 heavy (non-hydrogen) atoms. The first kappa shape index (κ1) is 11.8. The number of rotatable bonds is 6. The predicted octanol–water partition coefficient (Wildman–Crippen LogP) is 1.37. The van der Waals surface area contributed by atoms with Crippen LogP contribution in [0.4, 0.5) is 0 Å². The first-order valence-electron chi connectivity index (χ1n) is 5.28. The average Bonchev–Trinajstić information content (AvgIpc) is 2.75. The first-order valence-corrected chi connectivity index (χ1v) is 5.28. The fourth-order valence-corrected chi connectivity index (χ4v) is 1.36. The standard InChI is InChI=1S/C11H18N2O2/c1-2-3-6-13(11(14)8-12)9-10-5-4-7-15-10/h4-5,7H,2-3,6,8-9,12H2,1H3. The van der Waals surface area contributed by atoms with Gasteiger partial charge >= 0.3 is 0 Å². The Morgan fingerprint density at radius 3 is 2.93 bits per heavy atom. The second-order valence-corrected chi connectivity index (χ2v) is 3.45. The van der Waals surface area contributed by atoms with Gasteiger partial charge in [-0.05, 0) is 18.6 Å². The van der Waals surface area contributed by atoms with Gasteiger partial charge in [-0.3, -0.25) is 4.79 Å². The number of amides is 1. The van der Waals surface area contributed by atoms with Crippen molar-refractivity contribution in [2.24, 2.45) is 5.73 Å². The third-order valence-electron chi connectivity index (χ3n) is 2.24. The van der Waals surface area contributed by atoms with Crippen molar-refractivity contribution in [1.29, 1.82) is 0 Å². The molecule has 0 aliphatic rings. The minimum Gasteiger partial charge on any atom is -0.467 e. The van der Waals surface area contributed by atoms with Gasteiger partial charge in [-0.1, -0.05) is 13.3 Å². The molecule has 4 heteroatoms. The average molecular weight is 210 g/mol. The topological polar surface area (TPSA) is 59.5 Å². The highest BCUT2D eigenvalue weighted by Crippen LogP contribution is 2.06. The zero-order valence-corrected chi connectivity index (χ0v) is 9.11. The summed E-state index contributed by atoms with van der Waals surface area (Å²) in [5.41, 5.74) is 5.35. The van der Waals surface area contributed by atoms with E-state index < -0.39 is 0 Å². The van der Waals surface area contributed by atoms with Gasteiger partial charge in [0.05, 0.1) is 19.4 Å². The summed E-state index contributed by atoms with van der Waals surface area (Å²) in [7, 11) is 0. The molecule has 0 aliphatic carbocycles. The molecule has 0 aromatic carbocycles. The van der Waals surface area contributed by atoms with Gasteiger partial charge in [0.25, 0.3) is 0 Å². The molecular weight excluding hydrogens is 192 g/mol. The van der Waals surface area contributed by atoms with Crippen LogP contribution >= 0.6 is 0 Å². The van der Waals surface area contributed by atoms with Crippen LogP contribution in [0.25, 0.3) is 0 Å². The number of carbonyl (C=O) groups is 1. The minimum absolute atomic E-state index is 0.0279. The Labute approximate surface area is 90.0 Å². The number of unbranched alkanes of at least 4 members (excludes halogenated alkanes) is 1. The van der Waals surface area contributed by atoms with Gasteiger partial charge in [-0.15, -0.1) is 0 Å². The summed E-state index contributed by atoms with van der Waals surface area (Å²) >= 11 is 0. The third kappa shape index (κ3) is 3.75. The molecule has 1 rings (SSSR count). The van der Waals surface area contributed by atoms with Crippen LogP contribution in [0.15, 0.2) is 22.8 Å². The Morgan fingerprint density at radius 2 is 2.40 bits per heavy atom. The van der Waals surface area contributed by atoms with Crippen molar-refractivity contribution < 1.29 is 9.21 Å². The number of hydrogen-bond acceptors (Lipinski definition) is 3. The van der Waals surface area contributed by atoms with Crippen molar-refractivity contribution in [2.45, 2.75) is 26.3 Å². The molecule has 2 N–H and O–H groups in total. The van der Waals surface area contributed by atoms with Gasteiger partial charge in [0, 0.05) is 6.54 Å². The first-order chi connectivity index (χ1) is 7.27. The molecule has 1 heterocycles. The fourth-order valence-electron chi connectivity index (χ4n) is 1.36. The largest absolute Gasteiger partial charge is 0.467 e. The van der Waals surface area contributed by atoms with Crippen LogP contribution in [0.3, 0.4) is 0 Å². The molecule has 0 saturated carbocycles. The summed E-state index contributed by atoms with van der Waals surface area (Å²) in [5, 5.41) is 0. The Hall–Kier alpha value is -1.29. The van der Waals surface area contributed by atoms with E-state index in [-0.39, 0.29) is 12.5 Å². The molecular formula is C11H18N2O2. The zero-order valence-electron chi connectivity index (χ0n) is 9.11. The van der Waals surface area contributed by atoms with E-state index in [0.717, 1.165) is 25.1 Å². The molecule has 0 aliphatic heterocycles. The van der Waals surface area contributed by atoms with Gasteiger partial charge in [-0.25, -0.2) is 0 Å². The summed E-state index contributed by atoms with van der Waals surface area (Å²) in [6.07, 6.45) is 3.67. The van der Waals surface area contributed by atoms with Crippen molar-refractivity contribution >= 4 is 5.91 Å². The van der Waals surface area contributed by atoms with Gasteiger partial charge in [0.2, 0.25) is 5.91 Å². The van der Waals surface area contributed by atoms with E-state index in [2.05, 4.69) is 6.92 Å². The summed E-state index contributed by atoms with van der Waals surface area (Å²) in [5.74, 6) is 0.771. The number of furan rings is 1. The van der Waals surface area contributed by atoms with Gasteiger partial charge in [0.1, 0.15) is 5.76 Å². The third-order valence-corrected chi connectivity index (χ3v) is 2.24. The SMILES string of the molecule is CCCCN(Cc1ccco1)C(=O)CN. The molecule has 0 saturated heterocycles. The van der Waals surface area contributed by atoms with Crippen molar-refractivity contribution in [2.75, 3.05) is 13.1 Å². The highest BCUT2D eigenvalue weighted by atomic mass is 16.3. The molecule has 0 spiro atoms. The Balaban J connectivity index is 2.52. The van der Waals surface area contributed by atoms with Crippen LogP contribution < -0.4 is 5.73 Å². The van der Waals surface area contributed by atoms with Gasteiger partial charge < -0.3 is 15.1 Å². The molecule has 0 unspecified atom stereocenters. The predicted molar refractivity (Wildman–Crippen MR) is 58.1 cm³/mol. The van der Waals surface area contributed by atoms with Crippen LogP contribution in [0, 0.1) is 0 Å². The maximum Gasteiger partial charge on any atom is 0.236 e. The second kappa shape index (κ2) is 6.24. The molecule has 0 radical (unpaired) electrons. The van der Waals surface area contributed by atoms with Crippen molar-refractivity contribution in [3.8, 4) is 0 Å². The van der Waals surface area contributed by atoms with Crippen molar-refractivity contribution in [1.82, 2.24) is 4.90 Å². The summed E-state index contributed by atoms with van der Waals surface area (Å²) < 4.78 is 5.20. The van der Waals surface area contributed by atoms with Crippen molar-refractivity contribution in [3.63, 3.8) is 0 Å². The molecule has 1 aromatic heterocycles. The molecule has 4 nitrogen and oxygen atoms in total. The number of carbonyl (C=O) groups excluding carboxylic acids is 1. The van der Waals surface area contributed by atoms with Gasteiger partial charge in [0.15, 0.2) is 0 Å². The van der Waals surface area contributed by atoms with E-state index in [1.807, 2.05) is 12.1 Å². The Kier molecular flexibility index (Phi) is 4.90. The van der Waals surface area contributed by atoms with E-state index in [4.69, 9.17) is 10.2 Å². The molecule has 0 bridgehead atoms. The Morgan fingerprint density at radius 1 is 1.60 bits per heavy atom. The minimum atomic E-state index is -0.0279. The lowest BCUT2D eigenvalue weighted by Gasteiger charge is -2.20. The summed E-state index contributed by atoms with van der Waals surface area (Å²) in [4.78, 5) is 13.2. The van der Waals surface area contributed by atoms with E-state index in [0.29, 0.717) is 6.54 Å². The van der Waals surface area contributed by atoms with Gasteiger partial charge in [-0.2, -0.15) is 0 Å². The smallest absolute Gasteiger partial charge is 0.236 e. The summed E-state index contributed by atoms with van der Waals surface area (Å²) in [6, 6.07) is 3.68. The molecule has 84 valence electrons.